The summed E-state index contributed by atoms with van der Waals surface area (Å²) in [4.78, 5) is 2.21. The predicted octanol–water partition coefficient (Wildman–Crippen LogP) is 6.93. The molecule has 3 heteroatoms. The van der Waals surface area contributed by atoms with Gasteiger partial charge in [0.25, 0.3) is 0 Å². The Balaban J connectivity index is 1.72. The van der Waals surface area contributed by atoms with E-state index in [0.29, 0.717) is 0 Å². The molecule has 0 bridgehead atoms. The summed E-state index contributed by atoms with van der Waals surface area (Å²) in [6.45, 7) is 7.54. The maximum absolute atomic E-state index is 6.07. The summed E-state index contributed by atoms with van der Waals surface area (Å²) in [6, 6.07) is 24.4. The van der Waals surface area contributed by atoms with Gasteiger partial charge in [0.05, 0.1) is 11.4 Å². The Labute approximate surface area is 159 Å². The van der Waals surface area contributed by atoms with Crippen LogP contribution in [0.1, 0.15) is 0 Å². The number of para-hydroxylation sites is 4. The number of rotatable bonds is 5. The molecule has 0 saturated heterocycles. The van der Waals surface area contributed by atoms with Crippen molar-refractivity contribution in [1.29, 1.82) is 0 Å². The van der Waals surface area contributed by atoms with E-state index in [1.807, 2.05) is 42.5 Å². The van der Waals surface area contributed by atoms with Gasteiger partial charge >= 0.3 is 0 Å². The lowest BCUT2D eigenvalue weighted by Gasteiger charge is -2.32. The Morgan fingerprint density at radius 2 is 1.41 bits per heavy atom. The number of hydrogen-bond acceptors (Lipinski definition) is 3. The van der Waals surface area contributed by atoms with Crippen molar-refractivity contribution in [3.63, 3.8) is 0 Å². The molecule has 0 fully saturated rings. The Morgan fingerprint density at radius 3 is 1.96 bits per heavy atom. The monoisotopic (exact) mass is 352 g/mol. The van der Waals surface area contributed by atoms with E-state index < -0.39 is 0 Å². The number of hydrogen-bond donors (Lipinski definition) is 1. The Morgan fingerprint density at radius 1 is 0.815 bits per heavy atom. The summed E-state index contributed by atoms with van der Waals surface area (Å²) in [7, 11) is 0. The molecule has 3 nitrogen and oxygen atoms in total. The van der Waals surface area contributed by atoms with E-state index in [2.05, 4.69) is 59.8 Å². The van der Waals surface area contributed by atoms with Crippen LogP contribution in [-0.2, 0) is 0 Å². The molecule has 3 aromatic carbocycles. The van der Waals surface area contributed by atoms with Gasteiger partial charge in [0.15, 0.2) is 11.5 Å². The quantitative estimate of drug-likeness (QED) is 0.394. The molecule has 1 aliphatic heterocycles. The van der Waals surface area contributed by atoms with Crippen LogP contribution in [0.4, 0.5) is 22.7 Å². The highest BCUT2D eigenvalue weighted by atomic mass is 16.5. The van der Waals surface area contributed by atoms with Crippen LogP contribution >= 0.6 is 0 Å². The first-order valence-corrected chi connectivity index (χ1v) is 8.78. The fourth-order valence-electron chi connectivity index (χ4n) is 3.13. The zero-order valence-corrected chi connectivity index (χ0v) is 14.9. The minimum atomic E-state index is 0.848. The SMILES string of the molecule is C=C/C=C(\C=C)Nc1ccc(N2c3ccccc3Oc3ccccc32)cc1. The second-order valence-electron chi connectivity index (χ2n) is 6.11. The molecule has 0 aromatic heterocycles. The van der Waals surface area contributed by atoms with Gasteiger partial charge < -0.3 is 15.0 Å². The van der Waals surface area contributed by atoms with Crippen molar-refractivity contribution < 1.29 is 4.74 Å². The highest BCUT2D eigenvalue weighted by Crippen LogP contribution is 2.49. The van der Waals surface area contributed by atoms with Gasteiger partial charge in [0.1, 0.15) is 0 Å². The van der Waals surface area contributed by atoms with Crippen LogP contribution in [0.2, 0.25) is 0 Å². The van der Waals surface area contributed by atoms with Gasteiger partial charge in [-0.3, -0.25) is 0 Å². The van der Waals surface area contributed by atoms with E-state index in [1.165, 1.54) is 0 Å². The molecule has 1 heterocycles. The number of allylic oxidation sites excluding steroid dienone is 3. The Bertz CT molecular complexity index is 973. The van der Waals surface area contributed by atoms with Gasteiger partial charge in [0.2, 0.25) is 0 Å². The molecule has 27 heavy (non-hydrogen) atoms. The molecule has 0 amide bonds. The van der Waals surface area contributed by atoms with Crippen LogP contribution in [0.5, 0.6) is 11.5 Å². The Hall–Kier alpha value is -3.72. The smallest absolute Gasteiger partial charge is 0.151 e. The average molecular weight is 352 g/mol. The molecule has 3 aromatic rings. The maximum atomic E-state index is 6.07. The molecule has 0 saturated carbocycles. The molecule has 0 radical (unpaired) electrons. The summed E-state index contributed by atoms with van der Waals surface area (Å²) in [5, 5.41) is 3.33. The van der Waals surface area contributed by atoms with Crippen LogP contribution < -0.4 is 15.0 Å². The molecule has 1 N–H and O–H groups in total. The summed E-state index contributed by atoms with van der Waals surface area (Å²) in [6.07, 6.45) is 5.39. The number of fused-ring (bicyclic) bond motifs is 2. The fraction of sp³-hybridized carbons (Fsp3) is 0. The maximum Gasteiger partial charge on any atom is 0.151 e. The van der Waals surface area contributed by atoms with Crippen molar-refractivity contribution in [2.45, 2.75) is 0 Å². The van der Waals surface area contributed by atoms with Crippen molar-refractivity contribution in [2.24, 2.45) is 0 Å². The molecule has 4 rings (SSSR count). The summed E-state index contributed by atoms with van der Waals surface area (Å²) >= 11 is 0. The highest BCUT2D eigenvalue weighted by Gasteiger charge is 2.24. The van der Waals surface area contributed by atoms with E-state index >= 15 is 0 Å². The first-order chi connectivity index (χ1) is 13.3. The summed E-state index contributed by atoms with van der Waals surface area (Å²) in [5.74, 6) is 1.70. The van der Waals surface area contributed by atoms with Crippen molar-refractivity contribution in [3.8, 4) is 11.5 Å². The first-order valence-electron chi connectivity index (χ1n) is 8.78. The molecule has 0 aliphatic carbocycles. The van der Waals surface area contributed by atoms with Crippen LogP contribution in [0.25, 0.3) is 0 Å². The lowest BCUT2D eigenvalue weighted by atomic mass is 10.1. The van der Waals surface area contributed by atoms with Gasteiger partial charge in [-0.15, -0.1) is 0 Å². The van der Waals surface area contributed by atoms with Crippen LogP contribution in [0, 0.1) is 0 Å². The van der Waals surface area contributed by atoms with Gasteiger partial charge in [-0.25, -0.2) is 0 Å². The zero-order chi connectivity index (χ0) is 18.6. The predicted molar refractivity (Wildman–Crippen MR) is 113 cm³/mol. The summed E-state index contributed by atoms with van der Waals surface area (Å²) < 4.78 is 6.07. The van der Waals surface area contributed by atoms with Gasteiger partial charge in [-0.1, -0.05) is 43.5 Å². The second kappa shape index (κ2) is 7.26. The topological polar surface area (TPSA) is 24.5 Å². The number of nitrogens with zero attached hydrogens (tertiary/aromatic N) is 1. The summed E-state index contributed by atoms with van der Waals surface area (Å²) in [5.41, 5.74) is 5.00. The lowest BCUT2D eigenvalue weighted by Crippen LogP contribution is -2.15. The molecule has 132 valence electrons. The van der Waals surface area contributed by atoms with Crippen LogP contribution in [-0.4, -0.2) is 0 Å². The van der Waals surface area contributed by atoms with Crippen molar-refractivity contribution in [2.75, 3.05) is 10.2 Å². The van der Waals surface area contributed by atoms with E-state index in [4.69, 9.17) is 4.74 Å². The van der Waals surface area contributed by atoms with E-state index in [1.54, 1.807) is 12.2 Å². The van der Waals surface area contributed by atoms with E-state index in [-0.39, 0.29) is 0 Å². The fourth-order valence-corrected chi connectivity index (χ4v) is 3.13. The van der Waals surface area contributed by atoms with Gasteiger partial charge in [0, 0.05) is 17.1 Å². The number of anilines is 4. The molecular weight excluding hydrogens is 332 g/mol. The minimum Gasteiger partial charge on any atom is -0.453 e. The van der Waals surface area contributed by atoms with E-state index in [9.17, 15) is 0 Å². The molecule has 1 aliphatic rings. The average Bonchev–Trinajstić information content (AvgIpc) is 2.72. The van der Waals surface area contributed by atoms with Crippen LogP contribution in [0.3, 0.4) is 0 Å². The molecular formula is C24H20N2O. The third-order valence-corrected chi connectivity index (χ3v) is 4.36. The van der Waals surface area contributed by atoms with Gasteiger partial charge in [-0.2, -0.15) is 0 Å². The number of nitrogens with one attached hydrogen (secondary N) is 1. The van der Waals surface area contributed by atoms with Crippen molar-refractivity contribution >= 4 is 22.7 Å². The molecule has 0 spiro atoms. The number of ether oxygens (including phenoxy) is 1. The number of benzene rings is 3. The normalized spacial score (nSPS) is 12.4. The second-order valence-corrected chi connectivity index (χ2v) is 6.11. The molecule has 0 atom stereocenters. The molecule has 0 unspecified atom stereocenters. The largest absolute Gasteiger partial charge is 0.453 e. The minimum absolute atomic E-state index is 0.848. The third kappa shape index (κ3) is 3.23. The van der Waals surface area contributed by atoms with Crippen LogP contribution in [0.15, 0.2) is 110 Å². The lowest BCUT2D eigenvalue weighted by molar-refractivity contribution is 0.477. The third-order valence-electron chi connectivity index (χ3n) is 4.36. The zero-order valence-electron chi connectivity index (χ0n) is 14.9. The highest BCUT2D eigenvalue weighted by molar-refractivity contribution is 5.86. The first kappa shape index (κ1) is 16.7. The standard InChI is InChI=1S/C24H20N2O/c1-3-9-18(4-2)25-19-14-16-20(17-15-19)26-21-10-5-7-12-23(21)27-24-13-8-6-11-22(24)26/h3-17,25H,1-2H2/b18-9+. The van der Waals surface area contributed by atoms with Crippen molar-refractivity contribution in [3.05, 3.63) is 110 Å². The van der Waals surface area contributed by atoms with Gasteiger partial charge in [-0.05, 0) is 60.7 Å². The van der Waals surface area contributed by atoms with E-state index in [0.717, 1.165) is 39.9 Å². The Kier molecular flexibility index (Phi) is 4.50. The van der Waals surface area contributed by atoms with Crippen molar-refractivity contribution in [1.82, 2.24) is 0 Å².